The molecule has 0 aromatic heterocycles. The Morgan fingerprint density at radius 2 is 2.06 bits per heavy atom. The van der Waals surface area contributed by atoms with Crippen LogP contribution in [0, 0.1) is 17.8 Å². The van der Waals surface area contributed by atoms with Crippen molar-refractivity contribution in [1.29, 1.82) is 0 Å². The zero-order valence-electron chi connectivity index (χ0n) is 11.4. The molecule has 1 aliphatic heterocycles. The zero-order valence-corrected chi connectivity index (χ0v) is 11.4. The van der Waals surface area contributed by atoms with Gasteiger partial charge in [0.25, 0.3) is 0 Å². The number of nitrogens with one attached hydrogen (secondary N) is 1. The molecule has 0 aromatic carbocycles. The molecular formula is C13H26N2O2. The first kappa shape index (κ1) is 14.3. The van der Waals surface area contributed by atoms with E-state index in [9.17, 15) is 9.90 Å². The average Bonchev–Trinajstić information content (AvgIpc) is 2.74. The number of amides is 2. The number of aliphatic hydroxyl groups is 1. The van der Waals surface area contributed by atoms with E-state index in [1.54, 1.807) is 6.92 Å². The number of rotatable bonds is 4. The van der Waals surface area contributed by atoms with Crippen molar-refractivity contribution in [3.63, 3.8) is 0 Å². The molecule has 2 N–H and O–H groups in total. The van der Waals surface area contributed by atoms with Crippen LogP contribution in [-0.4, -0.2) is 41.8 Å². The molecule has 1 saturated heterocycles. The average molecular weight is 242 g/mol. The topological polar surface area (TPSA) is 52.6 Å². The molecule has 1 aliphatic rings. The van der Waals surface area contributed by atoms with Gasteiger partial charge in [-0.3, -0.25) is 0 Å². The minimum Gasteiger partial charge on any atom is -0.393 e. The summed E-state index contributed by atoms with van der Waals surface area (Å²) in [6, 6.07) is 0.0145. The molecule has 0 radical (unpaired) electrons. The molecule has 1 heterocycles. The molecule has 4 nitrogen and oxygen atoms in total. The summed E-state index contributed by atoms with van der Waals surface area (Å²) >= 11 is 0. The second kappa shape index (κ2) is 6.24. The SMILES string of the molecule is CC(C)C(C)CNC(=O)N1CCC(C(C)O)C1. The molecule has 1 fully saturated rings. The summed E-state index contributed by atoms with van der Waals surface area (Å²) in [7, 11) is 0. The third kappa shape index (κ3) is 4.19. The minimum absolute atomic E-state index is 0.0145. The highest BCUT2D eigenvalue weighted by Crippen LogP contribution is 2.19. The largest absolute Gasteiger partial charge is 0.393 e. The Morgan fingerprint density at radius 3 is 2.53 bits per heavy atom. The molecule has 0 spiro atoms. The molecule has 0 aliphatic carbocycles. The summed E-state index contributed by atoms with van der Waals surface area (Å²) < 4.78 is 0. The number of aliphatic hydroxyl groups excluding tert-OH is 1. The molecular weight excluding hydrogens is 216 g/mol. The quantitative estimate of drug-likeness (QED) is 0.788. The predicted octanol–water partition coefficient (Wildman–Crippen LogP) is 1.69. The number of urea groups is 1. The summed E-state index contributed by atoms with van der Waals surface area (Å²) in [5, 5.41) is 12.5. The Morgan fingerprint density at radius 1 is 1.41 bits per heavy atom. The van der Waals surface area contributed by atoms with Crippen molar-refractivity contribution < 1.29 is 9.90 Å². The van der Waals surface area contributed by atoms with E-state index in [1.165, 1.54) is 0 Å². The summed E-state index contributed by atoms with van der Waals surface area (Å²) in [5.41, 5.74) is 0. The van der Waals surface area contributed by atoms with Crippen molar-refractivity contribution in [2.24, 2.45) is 17.8 Å². The lowest BCUT2D eigenvalue weighted by atomic mass is 9.98. The monoisotopic (exact) mass is 242 g/mol. The van der Waals surface area contributed by atoms with Gasteiger partial charge in [-0.25, -0.2) is 4.79 Å². The fourth-order valence-electron chi connectivity index (χ4n) is 1.96. The number of likely N-dealkylation sites (tertiary alicyclic amines) is 1. The third-order valence-corrected chi connectivity index (χ3v) is 3.91. The van der Waals surface area contributed by atoms with E-state index < -0.39 is 0 Å². The highest BCUT2D eigenvalue weighted by atomic mass is 16.3. The van der Waals surface area contributed by atoms with Crippen LogP contribution < -0.4 is 5.32 Å². The fourth-order valence-corrected chi connectivity index (χ4v) is 1.96. The Balaban J connectivity index is 2.30. The highest BCUT2D eigenvalue weighted by molar-refractivity contribution is 5.74. The van der Waals surface area contributed by atoms with Crippen LogP contribution in [0.5, 0.6) is 0 Å². The van der Waals surface area contributed by atoms with Gasteiger partial charge in [-0.2, -0.15) is 0 Å². The second-order valence-electron chi connectivity index (χ2n) is 5.64. The van der Waals surface area contributed by atoms with Crippen LogP contribution in [-0.2, 0) is 0 Å². The van der Waals surface area contributed by atoms with Crippen LogP contribution >= 0.6 is 0 Å². The van der Waals surface area contributed by atoms with E-state index in [1.807, 2.05) is 4.90 Å². The van der Waals surface area contributed by atoms with Gasteiger partial charge in [-0.05, 0) is 25.2 Å². The minimum atomic E-state index is -0.317. The second-order valence-corrected chi connectivity index (χ2v) is 5.64. The van der Waals surface area contributed by atoms with Gasteiger partial charge in [0.1, 0.15) is 0 Å². The van der Waals surface area contributed by atoms with Gasteiger partial charge < -0.3 is 15.3 Å². The normalized spacial score (nSPS) is 23.9. The van der Waals surface area contributed by atoms with E-state index in [2.05, 4.69) is 26.1 Å². The summed E-state index contributed by atoms with van der Waals surface area (Å²) in [4.78, 5) is 13.7. The van der Waals surface area contributed by atoms with E-state index in [0.29, 0.717) is 18.4 Å². The molecule has 2 amide bonds. The van der Waals surface area contributed by atoms with Crippen LogP contribution in [0.2, 0.25) is 0 Å². The molecule has 3 unspecified atom stereocenters. The first-order valence-corrected chi connectivity index (χ1v) is 6.62. The molecule has 100 valence electrons. The smallest absolute Gasteiger partial charge is 0.317 e. The van der Waals surface area contributed by atoms with Gasteiger partial charge in [0.2, 0.25) is 0 Å². The summed E-state index contributed by atoms with van der Waals surface area (Å²) in [6.07, 6.45) is 0.590. The third-order valence-electron chi connectivity index (χ3n) is 3.91. The van der Waals surface area contributed by atoms with Crippen molar-refractivity contribution in [2.75, 3.05) is 19.6 Å². The van der Waals surface area contributed by atoms with E-state index in [-0.39, 0.29) is 18.1 Å². The maximum atomic E-state index is 11.9. The van der Waals surface area contributed by atoms with Crippen molar-refractivity contribution >= 4 is 6.03 Å². The van der Waals surface area contributed by atoms with Gasteiger partial charge in [0, 0.05) is 25.6 Å². The van der Waals surface area contributed by atoms with Gasteiger partial charge >= 0.3 is 6.03 Å². The summed E-state index contributed by atoms with van der Waals surface area (Å²) in [6.45, 7) is 10.4. The lowest BCUT2D eigenvalue weighted by Crippen LogP contribution is -2.41. The van der Waals surface area contributed by atoms with Gasteiger partial charge in [-0.1, -0.05) is 20.8 Å². The lowest BCUT2D eigenvalue weighted by Gasteiger charge is -2.21. The van der Waals surface area contributed by atoms with Crippen LogP contribution in [0.25, 0.3) is 0 Å². The van der Waals surface area contributed by atoms with Crippen molar-refractivity contribution in [2.45, 2.75) is 40.2 Å². The van der Waals surface area contributed by atoms with Gasteiger partial charge in [0.05, 0.1) is 6.10 Å². The Labute approximate surface area is 104 Å². The Hall–Kier alpha value is -0.770. The molecule has 0 bridgehead atoms. The zero-order chi connectivity index (χ0) is 13.0. The van der Waals surface area contributed by atoms with E-state index in [0.717, 1.165) is 19.5 Å². The number of carbonyl (C=O) groups excluding carboxylic acids is 1. The van der Waals surface area contributed by atoms with E-state index in [4.69, 9.17) is 0 Å². The van der Waals surface area contributed by atoms with Crippen molar-refractivity contribution in [1.82, 2.24) is 10.2 Å². The Bertz CT molecular complexity index is 254. The molecule has 17 heavy (non-hydrogen) atoms. The fraction of sp³-hybridized carbons (Fsp3) is 0.923. The van der Waals surface area contributed by atoms with Crippen molar-refractivity contribution in [3.8, 4) is 0 Å². The van der Waals surface area contributed by atoms with Gasteiger partial charge in [-0.15, -0.1) is 0 Å². The highest BCUT2D eigenvalue weighted by Gasteiger charge is 2.28. The van der Waals surface area contributed by atoms with Crippen LogP contribution in [0.4, 0.5) is 4.79 Å². The van der Waals surface area contributed by atoms with Gasteiger partial charge in [0.15, 0.2) is 0 Å². The van der Waals surface area contributed by atoms with Crippen LogP contribution in [0.1, 0.15) is 34.1 Å². The molecule has 3 atom stereocenters. The molecule has 0 saturated carbocycles. The summed E-state index contributed by atoms with van der Waals surface area (Å²) in [5.74, 6) is 1.32. The number of hydrogen-bond acceptors (Lipinski definition) is 2. The molecule has 1 rings (SSSR count). The molecule has 0 aromatic rings. The lowest BCUT2D eigenvalue weighted by molar-refractivity contribution is 0.129. The number of nitrogens with zero attached hydrogens (tertiary/aromatic N) is 1. The maximum absolute atomic E-state index is 11.9. The number of carbonyl (C=O) groups is 1. The van der Waals surface area contributed by atoms with Crippen molar-refractivity contribution in [3.05, 3.63) is 0 Å². The number of hydrogen-bond donors (Lipinski definition) is 2. The first-order chi connectivity index (χ1) is 7.91. The first-order valence-electron chi connectivity index (χ1n) is 6.62. The van der Waals surface area contributed by atoms with Crippen LogP contribution in [0.3, 0.4) is 0 Å². The van der Waals surface area contributed by atoms with Crippen LogP contribution in [0.15, 0.2) is 0 Å². The Kier molecular flexibility index (Phi) is 5.25. The molecule has 4 heteroatoms. The maximum Gasteiger partial charge on any atom is 0.317 e. The predicted molar refractivity (Wildman–Crippen MR) is 68.8 cm³/mol. The van der Waals surface area contributed by atoms with E-state index >= 15 is 0 Å². The standard InChI is InChI=1S/C13H26N2O2/c1-9(2)10(3)7-14-13(17)15-6-5-12(8-15)11(4)16/h9-12,16H,5-8H2,1-4H3,(H,14,17).